The molecule has 1 aliphatic rings. The Labute approximate surface area is 212 Å². The van der Waals surface area contributed by atoms with Gasteiger partial charge in [-0.1, -0.05) is 24.8 Å². The number of nitrogens with zero attached hydrogens (tertiary/aromatic N) is 4. The van der Waals surface area contributed by atoms with Crippen LogP contribution in [0.4, 0.5) is 5.69 Å². The van der Waals surface area contributed by atoms with Gasteiger partial charge in [-0.3, -0.25) is 19.2 Å². The van der Waals surface area contributed by atoms with Crippen molar-refractivity contribution in [1.29, 1.82) is 0 Å². The average Bonchev–Trinajstić information content (AvgIpc) is 2.92. The van der Waals surface area contributed by atoms with E-state index in [1.54, 1.807) is 29.2 Å². The van der Waals surface area contributed by atoms with Crippen molar-refractivity contribution in [2.45, 2.75) is 13.0 Å². The van der Waals surface area contributed by atoms with Gasteiger partial charge in [0.15, 0.2) is 0 Å². The van der Waals surface area contributed by atoms with E-state index in [1.165, 1.54) is 24.4 Å². The molecular weight excluding hydrogens is 476 g/mol. The number of ether oxygens (including phenoxy) is 1. The van der Waals surface area contributed by atoms with Crippen LogP contribution in [0.2, 0.25) is 0 Å². The largest absolute Gasteiger partial charge is 0.494 e. The zero-order chi connectivity index (χ0) is 26.7. The molecule has 0 bridgehead atoms. The van der Waals surface area contributed by atoms with Crippen LogP contribution in [0.3, 0.4) is 0 Å². The summed E-state index contributed by atoms with van der Waals surface area (Å²) in [6.07, 6.45) is 3.75. The number of aromatic amines is 1. The number of carbonyl (C=O) groups excluding carboxylic acids is 3. The van der Waals surface area contributed by atoms with E-state index in [2.05, 4.69) is 21.5 Å². The van der Waals surface area contributed by atoms with Crippen LogP contribution in [0.1, 0.15) is 22.8 Å². The molecular formula is C26H26N6O5. The van der Waals surface area contributed by atoms with E-state index in [0.29, 0.717) is 5.56 Å². The molecule has 4 rings (SSSR count). The van der Waals surface area contributed by atoms with E-state index < -0.39 is 17.2 Å². The number of piperazine rings is 1. The highest BCUT2D eigenvalue weighted by Gasteiger charge is 2.34. The third kappa shape index (κ3) is 4.96. The van der Waals surface area contributed by atoms with Crippen LogP contribution in [0.15, 0.2) is 60.3 Å². The summed E-state index contributed by atoms with van der Waals surface area (Å²) in [7, 11) is 1.38. The smallest absolute Gasteiger partial charge is 0.295 e. The molecule has 1 aliphatic heterocycles. The predicted octanol–water partition coefficient (Wildman–Crippen LogP) is 1.38. The lowest BCUT2D eigenvalue weighted by Crippen LogP contribution is -2.56. The van der Waals surface area contributed by atoms with Gasteiger partial charge in [0, 0.05) is 43.0 Å². The minimum atomic E-state index is -0.855. The number of rotatable bonds is 6. The maximum absolute atomic E-state index is 13.2. The molecule has 37 heavy (non-hydrogen) atoms. The van der Waals surface area contributed by atoms with E-state index in [9.17, 15) is 19.2 Å². The van der Waals surface area contributed by atoms with Gasteiger partial charge in [-0.2, -0.15) is 0 Å². The van der Waals surface area contributed by atoms with Gasteiger partial charge in [0.05, 0.1) is 30.8 Å². The minimum Gasteiger partial charge on any atom is -0.494 e. The fourth-order valence-corrected chi connectivity index (χ4v) is 4.23. The third-order valence-corrected chi connectivity index (χ3v) is 6.18. The fourth-order valence-electron chi connectivity index (χ4n) is 4.23. The van der Waals surface area contributed by atoms with E-state index in [0.717, 1.165) is 6.20 Å². The average molecular weight is 503 g/mol. The van der Waals surface area contributed by atoms with Crippen molar-refractivity contribution in [1.82, 2.24) is 24.8 Å². The summed E-state index contributed by atoms with van der Waals surface area (Å²) in [6, 6.07) is 8.59. The van der Waals surface area contributed by atoms with Gasteiger partial charge in [0.1, 0.15) is 17.1 Å². The molecule has 0 aliphatic carbocycles. The summed E-state index contributed by atoms with van der Waals surface area (Å²) >= 11 is 0. The minimum absolute atomic E-state index is 0.0247. The van der Waals surface area contributed by atoms with E-state index >= 15 is 0 Å². The summed E-state index contributed by atoms with van der Waals surface area (Å²) in [5, 5.41) is 0. The zero-order valence-electron chi connectivity index (χ0n) is 20.4. The van der Waals surface area contributed by atoms with Gasteiger partial charge in [-0.25, -0.2) is 9.97 Å². The number of H-pyrrole nitrogens is 1. The first-order valence-corrected chi connectivity index (χ1v) is 11.5. The maximum Gasteiger partial charge on any atom is 0.295 e. The monoisotopic (exact) mass is 502 g/mol. The lowest BCUT2D eigenvalue weighted by molar-refractivity contribution is -0.143. The molecule has 1 saturated heterocycles. The number of nitrogens with one attached hydrogen (secondary N) is 1. The van der Waals surface area contributed by atoms with Crippen molar-refractivity contribution in [3.8, 4) is 17.1 Å². The number of carbonyl (C=O) groups is 3. The number of amides is 2. The number of nitrogens with two attached hydrogens (primary N) is 1. The number of anilines is 1. The van der Waals surface area contributed by atoms with Crippen molar-refractivity contribution in [3.63, 3.8) is 0 Å². The second kappa shape index (κ2) is 10.4. The van der Waals surface area contributed by atoms with Crippen LogP contribution in [0.25, 0.3) is 17.0 Å². The Morgan fingerprint density at radius 3 is 2.49 bits per heavy atom. The Morgan fingerprint density at radius 1 is 1.14 bits per heavy atom. The van der Waals surface area contributed by atoms with Crippen LogP contribution in [0, 0.1) is 0 Å². The third-order valence-electron chi connectivity index (χ3n) is 6.18. The normalized spacial score (nSPS) is 15.2. The van der Waals surface area contributed by atoms with Crippen LogP contribution in [0.5, 0.6) is 5.75 Å². The molecule has 0 radical (unpaired) electrons. The van der Waals surface area contributed by atoms with Crippen LogP contribution >= 0.6 is 0 Å². The highest BCUT2D eigenvalue weighted by Crippen LogP contribution is 2.36. The first-order valence-electron chi connectivity index (χ1n) is 11.5. The van der Waals surface area contributed by atoms with Crippen LogP contribution < -0.4 is 16.0 Å². The number of nitrogen functional groups attached to an aromatic ring is 1. The molecule has 3 aromatic rings. The number of benzene rings is 1. The summed E-state index contributed by atoms with van der Waals surface area (Å²) in [4.78, 5) is 64.5. The molecule has 0 saturated carbocycles. The second-order valence-electron chi connectivity index (χ2n) is 8.53. The number of hydrogen-bond donors (Lipinski definition) is 2. The molecule has 2 aromatic heterocycles. The van der Waals surface area contributed by atoms with Gasteiger partial charge in [0.25, 0.3) is 23.2 Å². The van der Waals surface area contributed by atoms with Crippen molar-refractivity contribution >= 4 is 28.9 Å². The molecule has 1 fully saturated rings. The standard InChI is InChI=1S/C26H26N6O5/c1-15-14-31(9-10-32(15)25(35)17-7-5-4-6-8-17)26(36)24(34)16(2)21-19(37-3)12-30-23(22(21)27)18-11-29-20(33)13-28-18/h4-8,11-13,15H,2,9-10,14,27H2,1,3H3,(H,29,33)/t15-/m1/s1. The summed E-state index contributed by atoms with van der Waals surface area (Å²) in [5.74, 6) is -1.59. The SMILES string of the molecule is C=C(C(=O)C(=O)N1CCN(C(=O)c2ccccc2)[C@H](C)C1)c1c(OC)cnc(-c2c[nH]c(=O)cn2)c1N. The first-order chi connectivity index (χ1) is 17.7. The van der Waals surface area contributed by atoms with Gasteiger partial charge in [-0.15, -0.1) is 0 Å². The summed E-state index contributed by atoms with van der Waals surface area (Å²) < 4.78 is 5.33. The van der Waals surface area contributed by atoms with E-state index in [-0.39, 0.29) is 65.5 Å². The summed E-state index contributed by atoms with van der Waals surface area (Å²) in [6.45, 7) is 6.32. The number of ketones is 1. The van der Waals surface area contributed by atoms with Crippen molar-refractivity contribution in [2.24, 2.45) is 0 Å². The molecule has 2 amide bonds. The molecule has 11 heteroatoms. The van der Waals surface area contributed by atoms with Crippen molar-refractivity contribution in [3.05, 3.63) is 77.0 Å². The zero-order valence-corrected chi connectivity index (χ0v) is 20.4. The first kappa shape index (κ1) is 25.3. The summed E-state index contributed by atoms with van der Waals surface area (Å²) in [5.41, 5.74) is 6.91. The molecule has 3 heterocycles. The fraction of sp³-hybridized carbons (Fsp3) is 0.231. The quantitative estimate of drug-likeness (QED) is 0.379. The number of methoxy groups -OCH3 is 1. The lowest BCUT2D eigenvalue weighted by atomic mass is 9.98. The Balaban J connectivity index is 1.54. The molecule has 0 spiro atoms. The highest BCUT2D eigenvalue weighted by molar-refractivity contribution is 6.53. The Morgan fingerprint density at radius 2 is 1.86 bits per heavy atom. The predicted molar refractivity (Wildman–Crippen MR) is 137 cm³/mol. The Kier molecular flexibility index (Phi) is 7.14. The number of Topliss-reactive ketones (excluding diaryl/α,β-unsaturated/α-hetero) is 1. The highest BCUT2D eigenvalue weighted by atomic mass is 16.5. The van der Waals surface area contributed by atoms with Crippen LogP contribution in [-0.2, 0) is 9.59 Å². The van der Waals surface area contributed by atoms with Crippen molar-refractivity contribution in [2.75, 3.05) is 32.5 Å². The van der Waals surface area contributed by atoms with Gasteiger partial charge in [0.2, 0.25) is 0 Å². The number of hydrogen-bond acceptors (Lipinski definition) is 8. The maximum atomic E-state index is 13.2. The molecule has 0 unspecified atom stereocenters. The molecule has 190 valence electrons. The Bertz CT molecular complexity index is 1410. The Hall–Kier alpha value is -4.80. The van der Waals surface area contributed by atoms with E-state index in [4.69, 9.17) is 10.5 Å². The number of aromatic nitrogens is 3. The van der Waals surface area contributed by atoms with Crippen molar-refractivity contribution < 1.29 is 19.1 Å². The van der Waals surface area contributed by atoms with Gasteiger partial charge in [-0.05, 0) is 19.1 Å². The van der Waals surface area contributed by atoms with Crippen LogP contribution in [-0.4, -0.2) is 75.1 Å². The lowest BCUT2D eigenvalue weighted by Gasteiger charge is -2.39. The molecule has 3 N–H and O–H groups in total. The molecule has 11 nitrogen and oxygen atoms in total. The van der Waals surface area contributed by atoms with Gasteiger partial charge >= 0.3 is 0 Å². The van der Waals surface area contributed by atoms with E-state index in [1.807, 2.05) is 13.0 Å². The molecule has 1 atom stereocenters. The topological polar surface area (TPSA) is 152 Å². The van der Waals surface area contributed by atoms with Gasteiger partial charge < -0.3 is 25.3 Å². The number of pyridine rings is 1. The second-order valence-corrected chi connectivity index (χ2v) is 8.53. The molecule has 1 aromatic carbocycles.